The van der Waals surface area contributed by atoms with Gasteiger partial charge >= 0.3 is 5.97 Å². The number of piperazine rings is 1. The Kier molecular flexibility index (Phi) is 12.4. The molecule has 3 aliphatic rings. The zero-order chi connectivity index (χ0) is 41.4. The molecular weight excluding hydrogens is 762 g/mol. The van der Waals surface area contributed by atoms with Gasteiger partial charge in [0.1, 0.15) is 24.7 Å². The van der Waals surface area contributed by atoms with Gasteiger partial charge in [0.15, 0.2) is 0 Å². The highest BCUT2D eigenvalue weighted by molar-refractivity contribution is 6.76. The van der Waals surface area contributed by atoms with E-state index in [9.17, 15) is 4.79 Å². The molecule has 0 spiro atoms. The van der Waals surface area contributed by atoms with Crippen molar-refractivity contribution < 1.29 is 19.0 Å². The van der Waals surface area contributed by atoms with Crippen LogP contribution in [0.25, 0.3) is 16.6 Å². The van der Waals surface area contributed by atoms with Gasteiger partial charge in [-0.05, 0) is 96.7 Å². The lowest BCUT2D eigenvalue weighted by Crippen LogP contribution is -2.47. The minimum Gasteiger partial charge on any atom is -0.474 e. The number of halogens is 1. The van der Waals surface area contributed by atoms with Gasteiger partial charge in [0.05, 0.1) is 23.9 Å². The highest BCUT2D eigenvalue weighted by Gasteiger charge is 2.33. The molecule has 4 heterocycles. The number of hydrogen-bond donors (Lipinski definition) is 0. The van der Waals surface area contributed by atoms with Crippen LogP contribution < -0.4 is 14.5 Å². The van der Waals surface area contributed by atoms with Gasteiger partial charge in [0, 0.05) is 69.7 Å². The fourth-order valence-corrected chi connectivity index (χ4v) is 9.12. The largest absolute Gasteiger partial charge is 0.474 e. The number of nitrogens with zero attached hydrogens (tertiary/aromatic N) is 5. The topological polar surface area (TPSA) is 72.3 Å². The summed E-state index contributed by atoms with van der Waals surface area (Å²) in [6.07, 6.45) is 5.44. The number of ether oxygens (including phenoxy) is 3. The summed E-state index contributed by atoms with van der Waals surface area (Å²) in [5.74, 6) is 0.233. The van der Waals surface area contributed by atoms with Crippen molar-refractivity contribution >= 4 is 59.3 Å². The summed E-state index contributed by atoms with van der Waals surface area (Å²) in [5, 5.41) is 1.77. The van der Waals surface area contributed by atoms with Crippen LogP contribution in [0.5, 0.6) is 5.88 Å². The fourth-order valence-electron chi connectivity index (χ4n) is 8.23. The monoisotopic (exact) mass is 825 g/mol. The van der Waals surface area contributed by atoms with E-state index in [2.05, 4.69) is 112 Å². The normalized spacial score (nSPS) is 19.0. The first kappa shape index (κ1) is 42.3. The van der Waals surface area contributed by atoms with Gasteiger partial charge in [-0.15, -0.1) is 0 Å². The maximum absolute atomic E-state index is 13.9. The Balaban J connectivity index is 1.14. The molecule has 1 aliphatic carbocycles. The van der Waals surface area contributed by atoms with Crippen molar-refractivity contribution in [2.75, 3.05) is 62.3 Å². The molecule has 11 heteroatoms. The van der Waals surface area contributed by atoms with E-state index >= 15 is 0 Å². The second-order valence-electron chi connectivity index (χ2n) is 19.9. The number of carbonyl (C=O) groups excluding carboxylic acids is 1. The number of fused-ring (bicyclic) bond motifs is 2. The molecular formula is C47H64ClN5O4Si. The van der Waals surface area contributed by atoms with Crippen LogP contribution in [0.2, 0.25) is 30.7 Å². The average molecular weight is 827 g/mol. The first-order valence-electron chi connectivity index (χ1n) is 21.2. The second-order valence-corrected chi connectivity index (χ2v) is 26.0. The van der Waals surface area contributed by atoms with E-state index in [0.29, 0.717) is 31.4 Å². The average Bonchev–Trinajstić information content (AvgIpc) is 3.56. The van der Waals surface area contributed by atoms with Gasteiger partial charge < -0.3 is 28.6 Å². The predicted octanol–water partition coefficient (Wildman–Crippen LogP) is 10.9. The molecule has 4 aromatic rings. The van der Waals surface area contributed by atoms with Crippen molar-refractivity contribution in [3.8, 4) is 5.88 Å². The molecule has 2 aromatic carbocycles. The summed E-state index contributed by atoms with van der Waals surface area (Å²) in [5.41, 5.74) is 8.60. The molecule has 1 unspecified atom stereocenters. The van der Waals surface area contributed by atoms with Gasteiger partial charge in [-0.2, -0.15) is 4.98 Å². The third-order valence-corrected chi connectivity index (χ3v) is 13.7. The van der Waals surface area contributed by atoms with Crippen LogP contribution in [-0.2, 0) is 16.2 Å². The molecule has 58 heavy (non-hydrogen) atoms. The van der Waals surface area contributed by atoms with E-state index in [4.69, 9.17) is 30.8 Å². The van der Waals surface area contributed by atoms with E-state index in [1.165, 1.54) is 17.6 Å². The molecule has 7 rings (SSSR count). The minimum atomic E-state index is -1.19. The zero-order valence-electron chi connectivity index (χ0n) is 36.3. The Bertz CT molecular complexity index is 2130. The summed E-state index contributed by atoms with van der Waals surface area (Å²) in [4.78, 5) is 26.3. The van der Waals surface area contributed by atoms with Crippen LogP contribution in [0.15, 0.2) is 66.4 Å². The molecule has 0 N–H and O–H groups in total. The van der Waals surface area contributed by atoms with E-state index in [0.717, 1.165) is 91.3 Å². The Hall–Kier alpha value is -3.83. The van der Waals surface area contributed by atoms with Gasteiger partial charge in [0.25, 0.3) is 0 Å². The predicted molar refractivity (Wildman–Crippen MR) is 242 cm³/mol. The maximum atomic E-state index is 13.9. The SMILES string of the molecule is CC1COc2nc3c(ccn3COCC[Si](C)(C)C)cc2N1c1cc(N2CCN(CC3=C(c4ccc(Cl)cc4)CC(C)(C)CC3)CC2)ccc1C(=O)OCC(C)(C)C. The van der Waals surface area contributed by atoms with Crippen molar-refractivity contribution in [3.05, 3.63) is 82.5 Å². The number of allylic oxidation sites excluding steroid dienone is 1. The summed E-state index contributed by atoms with van der Waals surface area (Å²) in [7, 11) is -1.19. The Morgan fingerprint density at radius 2 is 1.74 bits per heavy atom. The minimum absolute atomic E-state index is 0.0522. The van der Waals surface area contributed by atoms with Crippen LogP contribution in [-0.4, -0.2) is 87.1 Å². The molecule has 1 saturated heterocycles. The quantitative estimate of drug-likeness (QED) is 0.0795. The van der Waals surface area contributed by atoms with Gasteiger partial charge in [-0.1, -0.05) is 83.6 Å². The zero-order valence-corrected chi connectivity index (χ0v) is 38.0. The van der Waals surface area contributed by atoms with E-state index in [-0.39, 0.29) is 22.8 Å². The molecule has 0 bridgehead atoms. The maximum Gasteiger partial charge on any atom is 0.340 e. The molecule has 1 atom stereocenters. The van der Waals surface area contributed by atoms with Crippen LogP contribution >= 0.6 is 11.6 Å². The van der Waals surface area contributed by atoms with Crippen molar-refractivity contribution in [2.24, 2.45) is 10.8 Å². The number of carbonyl (C=O) groups is 1. The number of esters is 1. The molecule has 2 aliphatic heterocycles. The molecule has 0 radical (unpaired) electrons. The lowest BCUT2D eigenvalue weighted by atomic mass is 9.72. The molecule has 2 aromatic heterocycles. The van der Waals surface area contributed by atoms with Crippen molar-refractivity contribution in [2.45, 2.75) is 99.3 Å². The highest BCUT2D eigenvalue weighted by atomic mass is 35.5. The molecule has 0 saturated carbocycles. The number of benzene rings is 2. The van der Waals surface area contributed by atoms with E-state index in [1.807, 2.05) is 29.0 Å². The van der Waals surface area contributed by atoms with E-state index in [1.54, 1.807) is 5.57 Å². The lowest BCUT2D eigenvalue weighted by Gasteiger charge is -2.40. The second kappa shape index (κ2) is 17.0. The Morgan fingerprint density at radius 1 is 1.00 bits per heavy atom. The van der Waals surface area contributed by atoms with Gasteiger partial charge in [-0.25, -0.2) is 4.79 Å². The summed E-state index contributed by atoms with van der Waals surface area (Å²) in [6, 6.07) is 19.9. The van der Waals surface area contributed by atoms with Crippen molar-refractivity contribution in [3.63, 3.8) is 0 Å². The number of hydrogen-bond acceptors (Lipinski definition) is 8. The third kappa shape index (κ3) is 10.1. The highest BCUT2D eigenvalue weighted by Crippen LogP contribution is 2.45. The van der Waals surface area contributed by atoms with Crippen molar-refractivity contribution in [1.29, 1.82) is 0 Å². The number of pyridine rings is 1. The van der Waals surface area contributed by atoms with Crippen LogP contribution in [0, 0.1) is 10.8 Å². The third-order valence-electron chi connectivity index (χ3n) is 11.7. The molecule has 312 valence electrons. The van der Waals surface area contributed by atoms with Crippen LogP contribution in [0.4, 0.5) is 17.1 Å². The Labute approximate surface area is 352 Å². The summed E-state index contributed by atoms with van der Waals surface area (Å²) in [6.45, 7) is 26.9. The first-order chi connectivity index (χ1) is 27.4. The Morgan fingerprint density at radius 3 is 2.45 bits per heavy atom. The van der Waals surface area contributed by atoms with Gasteiger partial charge in [-0.3, -0.25) is 4.90 Å². The lowest BCUT2D eigenvalue weighted by molar-refractivity contribution is 0.0367. The molecule has 1 fully saturated rings. The standard InChI is InChI=1S/C47H64ClN5O4Si/c1-33-30-56-44-42(26-35-17-19-52(43(35)49-44)32-55-24-25-58(7,8)9)53(33)41-27-38(14-15-39(41)45(54)57-31-46(2,3)4)51-22-20-50(21-23-51)29-36-16-18-47(5,6)28-40(36)34-10-12-37(48)13-11-34/h10-15,17,19,26-27,33H,16,18,20-25,28-32H2,1-9H3. The van der Waals surface area contributed by atoms with Crippen LogP contribution in [0.1, 0.15) is 76.7 Å². The smallest absolute Gasteiger partial charge is 0.340 e. The molecule has 9 nitrogen and oxygen atoms in total. The van der Waals surface area contributed by atoms with E-state index < -0.39 is 8.07 Å². The molecule has 0 amide bonds. The number of aromatic nitrogens is 2. The fraction of sp³-hybridized carbons (Fsp3) is 0.532. The first-order valence-corrected chi connectivity index (χ1v) is 25.3. The number of anilines is 3. The van der Waals surface area contributed by atoms with Crippen molar-refractivity contribution in [1.82, 2.24) is 14.5 Å². The van der Waals surface area contributed by atoms with Crippen LogP contribution in [0.3, 0.4) is 0 Å². The summed E-state index contributed by atoms with van der Waals surface area (Å²) < 4.78 is 20.4. The number of rotatable bonds is 12. The van der Waals surface area contributed by atoms with Gasteiger partial charge in [0.2, 0.25) is 5.88 Å². The summed E-state index contributed by atoms with van der Waals surface area (Å²) >= 11 is 6.28.